The lowest BCUT2D eigenvalue weighted by Crippen LogP contribution is -2.08. The molecule has 0 radical (unpaired) electrons. The van der Waals surface area contributed by atoms with Gasteiger partial charge in [0.1, 0.15) is 0 Å². The summed E-state index contributed by atoms with van der Waals surface area (Å²) in [4.78, 5) is 4.34. The van der Waals surface area contributed by atoms with E-state index in [1.807, 2.05) is 12.1 Å². The van der Waals surface area contributed by atoms with E-state index in [4.69, 9.17) is 10.5 Å². The Kier molecular flexibility index (Phi) is 3.35. The second-order valence-corrected chi connectivity index (χ2v) is 6.44. The number of rotatable bonds is 3. The Morgan fingerprint density at radius 2 is 2.29 bits per heavy atom. The Labute approximate surface area is 101 Å². The average molecular weight is 256 g/mol. The summed E-state index contributed by atoms with van der Waals surface area (Å²) in [6, 6.07) is 3.70. The fourth-order valence-corrected chi connectivity index (χ4v) is 3.83. The molecule has 1 aliphatic heterocycles. The van der Waals surface area contributed by atoms with Gasteiger partial charge in [-0.15, -0.1) is 0 Å². The molecule has 1 aromatic heterocycles. The van der Waals surface area contributed by atoms with Gasteiger partial charge in [-0.2, -0.15) is 0 Å². The maximum absolute atomic E-state index is 11.4. The Balaban J connectivity index is 2.28. The third kappa shape index (κ3) is 2.58. The maximum atomic E-state index is 11.4. The molecule has 2 rings (SSSR count). The van der Waals surface area contributed by atoms with Crippen LogP contribution in [0.25, 0.3) is 0 Å². The van der Waals surface area contributed by atoms with Crippen LogP contribution in [0.5, 0.6) is 5.88 Å². The van der Waals surface area contributed by atoms with Crippen molar-refractivity contribution < 1.29 is 13.2 Å². The first-order chi connectivity index (χ1) is 8.05. The van der Waals surface area contributed by atoms with Gasteiger partial charge in [-0.1, -0.05) is 6.07 Å². The largest absolute Gasteiger partial charge is 0.481 e. The third-order valence-electron chi connectivity index (χ3n) is 3.02. The van der Waals surface area contributed by atoms with E-state index < -0.39 is 9.84 Å². The molecule has 0 amide bonds. The molecule has 0 aromatic carbocycles. The van der Waals surface area contributed by atoms with Gasteiger partial charge in [0.05, 0.1) is 18.6 Å². The summed E-state index contributed by atoms with van der Waals surface area (Å²) < 4.78 is 28.0. The predicted octanol–water partition coefficient (Wildman–Crippen LogP) is 0.451. The van der Waals surface area contributed by atoms with Crippen molar-refractivity contribution in [3.63, 3.8) is 0 Å². The summed E-state index contributed by atoms with van der Waals surface area (Å²) >= 11 is 0. The molecule has 1 aliphatic rings. The van der Waals surface area contributed by atoms with Crippen LogP contribution in [-0.2, 0) is 16.4 Å². The van der Waals surface area contributed by atoms with Gasteiger partial charge in [0.25, 0.3) is 0 Å². The third-order valence-corrected chi connectivity index (χ3v) is 4.79. The molecule has 5 nitrogen and oxygen atoms in total. The summed E-state index contributed by atoms with van der Waals surface area (Å²) in [5, 5.41) is 0. The normalized spacial score (nSPS) is 22.6. The Morgan fingerprint density at radius 3 is 2.82 bits per heavy atom. The number of hydrogen-bond acceptors (Lipinski definition) is 5. The van der Waals surface area contributed by atoms with E-state index in [9.17, 15) is 8.42 Å². The van der Waals surface area contributed by atoms with Crippen molar-refractivity contribution in [3.8, 4) is 5.88 Å². The Bertz CT molecular complexity index is 513. The summed E-state index contributed by atoms with van der Waals surface area (Å²) in [5.41, 5.74) is 7.17. The molecule has 1 fully saturated rings. The smallest absolute Gasteiger partial charge is 0.217 e. The Morgan fingerprint density at radius 1 is 1.53 bits per heavy atom. The monoisotopic (exact) mass is 256 g/mol. The van der Waals surface area contributed by atoms with Gasteiger partial charge in [0.15, 0.2) is 9.84 Å². The second-order valence-electron chi connectivity index (χ2n) is 4.21. The van der Waals surface area contributed by atoms with E-state index >= 15 is 0 Å². The summed E-state index contributed by atoms with van der Waals surface area (Å²) in [6.07, 6.45) is 0.639. The first kappa shape index (κ1) is 12.3. The first-order valence-corrected chi connectivity index (χ1v) is 7.32. The van der Waals surface area contributed by atoms with Crippen LogP contribution in [0.2, 0.25) is 0 Å². The zero-order chi connectivity index (χ0) is 12.5. The van der Waals surface area contributed by atoms with Crippen molar-refractivity contribution in [1.82, 2.24) is 4.98 Å². The van der Waals surface area contributed by atoms with Crippen LogP contribution < -0.4 is 10.5 Å². The van der Waals surface area contributed by atoms with Crippen molar-refractivity contribution in [2.24, 2.45) is 5.73 Å². The first-order valence-electron chi connectivity index (χ1n) is 5.50. The van der Waals surface area contributed by atoms with Crippen molar-refractivity contribution >= 4 is 9.84 Å². The molecule has 1 aromatic rings. The lowest BCUT2D eigenvalue weighted by Gasteiger charge is -2.11. The highest BCUT2D eigenvalue weighted by Crippen LogP contribution is 2.29. The number of nitrogens with zero attached hydrogens (tertiary/aromatic N) is 1. The van der Waals surface area contributed by atoms with Crippen molar-refractivity contribution in [1.29, 1.82) is 0 Å². The van der Waals surface area contributed by atoms with E-state index in [1.54, 1.807) is 0 Å². The highest BCUT2D eigenvalue weighted by atomic mass is 32.2. The number of nitrogens with two attached hydrogens (primary N) is 1. The molecular weight excluding hydrogens is 240 g/mol. The zero-order valence-electron chi connectivity index (χ0n) is 9.72. The van der Waals surface area contributed by atoms with Crippen LogP contribution in [0, 0.1) is 0 Å². The van der Waals surface area contributed by atoms with Crippen LogP contribution >= 0.6 is 0 Å². The molecule has 0 spiro atoms. The van der Waals surface area contributed by atoms with Gasteiger partial charge in [-0.3, -0.25) is 0 Å². The highest BCUT2D eigenvalue weighted by molar-refractivity contribution is 7.91. The molecule has 1 atom stereocenters. The lowest BCUT2D eigenvalue weighted by molar-refractivity contribution is 0.390. The topological polar surface area (TPSA) is 82.3 Å². The van der Waals surface area contributed by atoms with E-state index in [-0.39, 0.29) is 17.4 Å². The van der Waals surface area contributed by atoms with E-state index in [1.165, 1.54) is 7.11 Å². The Hall–Kier alpha value is -1.14. The number of hydrogen-bond donors (Lipinski definition) is 1. The molecular formula is C11H16N2O3S. The molecule has 17 heavy (non-hydrogen) atoms. The van der Waals surface area contributed by atoms with Crippen molar-refractivity contribution in [2.45, 2.75) is 18.9 Å². The SMILES string of the molecule is COc1nc(C2CCS(=O)(=O)C2)ccc1CN. The molecule has 0 aliphatic carbocycles. The van der Waals surface area contributed by atoms with Gasteiger partial charge in [-0.25, -0.2) is 13.4 Å². The number of ether oxygens (including phenoxy) is 1. The minimum Gasteiger partial charge on any atom is -0.481 e. The summed E-state index contributed by atoms with van der Waals surface area (Å²) in [6.45, 7) is 0.361. The van der Waals surface area contributed by atoms with Crippen molar-refractivity contribution in [3.05, 3.63) is 23.4 Å². The van der Waals surface area contributed by atoms with Crippen LogP contribution in [0.4, 0.5) is 0 Å². The molecule has 6 heteroatoms. The van der Waals surface area contributed by atoms with Gasteiger partial charge < -0.3 is 10.5 Å². The molecule has 94 valence electrons. The second kappa shape index (κ2) is 4.62. The molecule has 2 N–H and O–H groups in total. The van der Waals surface area contributed by atoms with Gasteiger partial charge in [0.2, 0.25) is 5.88 Å². The quantitative estimate of drug-likeness (QED) is 0.849. The zero-order valence-corrected chi connectivity index (χ0v) is 10.5. The van der Waals surface area contributed by atoms with E-state index in [2.05, 4.69) is 4.98 Å². The molecule has 0 bridgehead atoms. The minimum absolute atomic E-state index is 0.0132. The van der Waals surface area contributed by atoms with Gasteiger partial charge in [-0.05, 0) is 12.5 Å². The standard InChI is InChI=1S/C11H16N2O3S/c1-16-11-8(6-12)2-3-10(13-11)9-4-5-17(14,15)7-9/h2-3,9H,4-7,12H2,1H3. The number of pyridine rings is 1. The summed E-state index contributed by atoms with van der Waals surface area (Å²) in [5.74, 6) is 0.917. The fraction of sp³-hybridized carbons (Fsp3) is 0.545. The van der Waals surface area contributed by atoms with Crippen LogP contribution in [-0.4, -0.2) is 32.0 Å². The van der Waals surface area contributed by atoms with E-state index in [0.717, 1.165) is 11.3 Å². The van der Waals surface area contributed by atoms with Crippen LogP contribution in [0.1, 0.15) is 23.6 Å². The molecule has 1 saturated heterocycles. The van der Waals surface area contributed by atoms with Crippen LogP contribution in [0.15, 0.2) is 12.1 Å². The van der Waals surface area contributed by atoms with Gasteiger partial charge in [0, 0.05) is 23.7 Å². The highest BCUT2D eigenvalue weighted by Gasteiger charge is 2.30. The molecule has 2 heterocycles. The predicted molar refractivity (Wildman–Crippen MR) is 64.7 cm³/mol. The van der Waals surface area contributed by atoms with Crippen LogP contribution in [0.3, 0.4) is 0 Å². The molecule has 0 saturated carbocycles. The number of aromatic nitrogens is 1. The van der Waals surface area contributed by atoms with Crippen molar-refractivity contribution in [2.75, 3.05) is 18.6 Å². The minimum atomic E-state index is -2.88. The van der Waals surface area contributed by atoms with E-state index in [0.29, 0.717) is 18.8 Å². The van der Waals surface area contributed by atoms with Gasteiger partial charge >= 0.3 is 0 Å². The average Bonchev–Trinajstić information content (AvgIpc) is 2.68. The lowest BCUT2D eigenvalue weighted by atomic mass is 10.0. The molecule has 1 unspecified atom stereocenters. The number of methoxy groups -OCH3 is 1. The number of sulfone groups is 1. The summed E-state index contributed by atoms with van der Waals surface area (Å²) in [7, 11) is -1.35. The fourth-order valence-electron chi connectivity index (χ4n) is 2.07. The maximum Gasteiger partial charge on any atom is 0.217 e.